The fourth-order valence-electron chi connectivity index (χ4n) is 3.31. The van der Waals surface area contributed by atoms with Crippen LogP contribution in [-0.2, 0) is 17.9 Å². The minimum Gasteiger partial charge on any atom is -0.370 e. The molecule has 0 spiro atoms. The van der Waals surface area contributed by atoms with Gasteiger partial charge in [-0.05, 0) is 6.42 Å². The average Bonchev–Trinajstić information content (AvgIpc) is 3.04. The van der Waals surface area contributed by atoms with Gasteiger partial charge >= 0.3 is 0 Å². The fraction of sp³-hybridized carbons (Fsp3) is 0.600. The van der Waals surface area contributed by atoms with Gasteiger partial charge in [0.2, 0.25) is 5.95 Å². The summed E-state index contributed by atoms with van der Waals surface area (Å²) in [5.41, 5.74) is 2.19. The summed E-state index contributed by atoms with van der Waals surface area (Å²) in [5.74, 6) is 0.736. The van der Waals surface area contributed by atoms with Crippen molar-refractivity contribution in [3.8, 4) is 0 Å². The molecular formula is C15H21N7O. The van der Waals surface area contributed by atoms with Gasteiger partial charge in [-0.25, -0.2) is 14.6 Å². The van der Waals surface area contributed by atoms with Crippen LogP contribution in [0.15, 0.2) is 18.6 Å². The van der Waals surface area contributed by atoms with Crippen LogP contribution >= 0.6 is 0 Å². The largest absolute Gasteiger partial charge is 0.370 e. The second kappa shape index (κ2) is 5.86. The number of anilines is 1. The molecule has 0 bridgehead atoms. The zero-order valence-corrected chi connectivity index (χ0v) is 13.5. The van der Waals surface area contributed by atoms with Crippen molar-refractivity contribution in [1.29, 1.82) is 0 Å². The van der Waals surface area contributed by atoms with Crippen molar-refractivity contribution in [1.82, 2.24) is 29.9 Å². The molecule has 0 amide bonds. The molecule has 0 aromatic carbocycles. The topological polar surface area (TPSA) is 72.2 Å². The highest BCUT2D eigenvalue weighted by Gasteiger charge is 2.36. The van der Waals surface area contributed by atoms with Gasteiger partial charge in [-0.1, -0.05) is 5.21 Å². The van der Waals surface area contributed by atoms with Crippen molar-refractivity contribution >= 4 is 5.95 Å². The number of ether oxygens (including phenoxy) is 1. The Kier molecular flexibility index (Phi) is 3.70. The monoisotopic (exact) mass is 315 g/mol. The van der Waals surface area contributed by atoms with E-state index >= 15 is 0 Å². The van der Waals surface area contributed by atoms with Gasteiger partial charge in [0.1, 0.15) is 0 Å². The van der Waals surface area contributed by atoms with Gasteiger partial charge in [-0.3, -0.25) is 4.90 Å². The van der Waals surface area contributed by atoms with E-state index < -0.39 is 0 Å². The summed E-state index contributed by atoms with van der Waals surface area (Å²) in [7, 11) is 3.89. The van der Waals surface area contributed by atoms with Crippen LogP contribution < -0.4 is 4.90 Å². The lowest BCUT2D eigenvalue weighted by Crippen LogP contribution is -2.47. The summed E-state index contributed by atoms with van der Waals surface area (Å²) in [6, 6.07) is 0.247. The first kappa shape index (κ1) is 14.5. The van der Waals surface area contributed by atoms with E-state index in [0.29, 0.717) is 6.61 Å². The van der Waals surface area contributed by atoms with Crippen molar-refractivity contribution in [3.63, 3.8) is 0 Å². The zero-order chi connectivity index (χ0) is 15.8. The number of rotatable bonds is 3. The van der Waals surface area contributed by atoms with E-state index in [1.165, 1.54) is 0 Å². The Hall–Kier alpha value is -2.06. The minimum absolute atomic E-state index is 0.243. The molecule has 4 rings (SSSR count). The Morgan fingerprint density at radius 3 is 2.87 bits per heavy atom. The first-order valence-electron chi connectivity index (χ1n) is 7.92. The van der Waals surface area contributed by atoms with E-state index in [4.69, 9.17) is 4.74 Å². The van der Waals surface area contributed by atoms with Gasteiger partial charge in [0, 0.05) is 51.7 Å². The number of hydrogen-bond donors (Lipinski definition) is 0. The first-order valence-corrected chi connectivity index (χ1v) is 7.92. The van der Waals surface area contributed by atoms with E-state index in [9.17, 15) is 0 Å². The van der Waals surface area contributed by atoms with Crippen molar-refractivity contribution in [2.24, 2.45) is 0 Å². The van der Waals surface area contributed by atoms with Gasteiger partial charge in [0.25, 0.3) is 0 Å². The molecule has 8 nitrogen and oxygen atoms in total. The van der Waals surface area contributed by atoms with Crippen LogP contribution in [0.5, 0.6) is 0 Å². The van der Waals surface area contributed by atoms with Gasteiger partial charge in [0.05, 0.1) is 30.6 Å². The summed E-state index contributed by atoms with van der Waals surface area (Å²) in [6.07, 6.45) is 6.87. The Bertz CT molecular complexity index is 669. The molecule has 0 saturated carbocycles. The molecule has 8 heteroatoms. The molecule has 1 saturated heterocycles. The molecule has 0 unspecified atom stereocenters. The van der Waals surface area contributed by atoms with Crippen molar-refractivity contribution in [2.75, 3.05) is 32.1 Å². The molecule has 0 N–H and O–H groups in total. The van der Waals surface area contributed by atoms with Crippen LogP contribution in [0, 0.1) is 0 Å². The number of nitrogens with zero attached hydrogens (tertiary/aromatic N) is 7. The van der Waals surface area contributed by atoms with Crippen molar-refractivity contribution in [2.45, 2.75) is 31.7 Å². The van der Waals surface area contributed by atoms with Crippen LogP contribution in [0.25, 0.3) is 0 Å². The lowest BCUT2D eigenvalue weighted by molar-refractivity contribution is -0.0670. The third-order valence-corrected chi connectivity index (χ3v) is 4.51. The normalized spacial score (nSPS) is 24.1. The maximum atomic E-state index is 5.95. The zero-order valence-electron chi connectivity index (χ0n) is 13.5. The van der Waals surface area contributed by atoms with Gasteiger partial charge in [-0.15, -0.1) is 5.10 Å². The van der Waals surface area contributed by atoms with E-state index in [1.54, 1.807) is 6.20 Å². The summed E-state index contributed by atoms with van der Waals surface area (Å²) in [6.45, 7) is 3.39. The number of aromatic nitrogens is 5. The SMILES string of the molecule is CN(C)c1ncc(CN2CC[C@H]3OCc4cnnn4[C@@H]3C2)cn1. The first-order chi connectivity index (χ1) is 11.2. The standard InChI is InChI=1S/C15H21N7O/c1-20(2)15-16-5-11(6-17-15)8-21-4-3-14-13(9-21)22-12(10-23-14)7-18-19-22/h5-7,13-14H,3-4,8-10H2,1-2H3/t13-,14-/m1/s1. The maximum Gasteiger partial charge on any atom is 0.224 e. The molecule has 122 valence electrons. The van der Waals surface area contributed by atoms with Gasteiger partial charge in [-0.2, -0.15) is 0 Å². The lowest BCUT2D eigenvalue weighted by atomic mass is 10.00. The Morgan fingerprint density at radius 1 is 1.26 bits per heavy atom. The molecule has 2 aromatic rings. The Labute approximate surface area is 135 Å². The molecule has 0 radical (unpaired) electrons. The summed E-state index contributed by atoms with van der Waals surface area (Å²) >= 11 is 0. The highest BCUT2D eigenvalue weighted by molar-refractivity contribution is 5.26. The maximum absolute atomic E-state index is 5.95. The lowest BCUT2D eigenvalue weighted by Gasteiger charge is -2.41. The predicted molar refractivity (Wildman–Crippen MR) is 83.9 cm³/mol. The van der Waals surface area contributed by atoms with Crippen LogP contribution in [0.1, 0.15) is 23.7 Å². The Balaban J connectivity index is 1.45. The average molecular weight is 315 g/mol. The van der Waals surface area contributed by atoms with E-state index in [2.05, 4.69) is 25.2 Å². The number of piperidine rings is 1. The smallest absolute Gasteiger partial charge is 0.224 e. The highest BCUT2D eigenvalue weighted by Crippen LogP contribution is 2.30. The third kappa shape index (κ3) is 2.79. The molecule has 2 aromatic heterocycles. The molecule has 1 fully saturated rings. The van der Waals surface area contributed by atoms with Gasteiger partial charge < -0.3 is 9.64 Å². The molecular weight excluding hydrogens is 294 g/mol. The molecule has 23 heavy (non-hydrogen) atoms. The second-order valence-corrected chi connectivity index (χ2v) is 6.40. The van der Waals surface area contributed by atoms with Crippen LogP contribution in [0.4, 0.5) is 5.95 Å². The summed E-state index contributed by atoms with van der Waals surface area (Å²) in [4.78, 5) is 13.1. The van der Waals surface area contributed by atoms with E-state index in [1.807, 2.05) is 36.1 Å². The number of fused-ring (bicyclic) bond motifs is 3. The molecule has 2 atom stereocenters. The molecule has 2 aliphatic rings. The quantitative estimate of drug-likeness (QED) is 0.815. The summed E-state index contributed by atoms with van der Waals surface area (Å²) < 4.78 is 7.98. The minimum atomic E-state index is 0.243. The van der Waals surface area contributed by atoms with Crippen molar-refractivity contribution in [3.05, 3.63) is 29.8 Å². The van der Waals surface area contributed by atoms with Gasteiger partial charge in [0.15, 0.2) is 0 Å². The predicted octanol–water partition coefficient (Wildman–Crippen LogP) is 0.480. The molecule has 0 aliphatic carbocycles. The van der Waals surface area contributed by atoms with Crippen LogP contribution in [0.3, 0.4) is 0 Å². The number of hydrogen-bond acceptors (Lipinski definition) is 7. The number of likely N-dealkylation sites (tertiary alicyclic amines) is 1. The van der Waals surface area contributed by atoms with E-state index in [0.717, 1.165) is 43.3 Å². The van der Waals surface area contributed by atoms with Crippen LogP contribution in [-0.4, -0.2) is 63.2 Å². The van der Waals surface area contributed by atoms with E-state index in [-0.39, 0.29) is 12.1 Å². The highest BCUT2D eigenvalue weighted by atomic mass is 16.5. The molecule has 4 heterocycles. The Morgan fingerprint density at radius 2 is 2.09 bits per heavy atom. The molecule has 2 aliphatic heterocycles. The van der Waals surface area contributed by atoms with Crippen molar-refractivity contribution < 1.29 is 4.74 Å². The summed E-state index contributed by atoms with van der Waals surface area (Å²) in [5, 5.41) is 8.26. The second-order valence-electron chi connectivity index (χ2n) is 6.40. The van der Waals surface area contributed by atoms with Crippen LogP contribution in [0.2, 0.25) is 0 Å². The third-order valence-electron chi connectivity index (χ3n) is 4.51. The fourth-order valence-corrected chi connectivity index (χ4v) is 3.31.